The number of nitrogen functional groups attached to an aromatic ring is 1. The maximum Gasteiger partial charge on any atom is 0.314 e. The largest absolute Gasteiger partial charge is 0.383 e. The van der Waals surface area contributed by atoms with Crippen molar-refractivity contribution in [1.82, 2.24) is 19.1 Å². The zero-order chi connectivity index (χ0) is 26.0. The van der Waals surface area contributed by atoms with E-state index in [1.54, 1.807) is 13.8 Å². The van der Waals surface area contributed by atoms with Crippen molar-refractivity contribution in [1.29, 1.82) is 0 Å². The van der Waals surface area contributed by atoms with Crippen molar-refractivity contribution in [2.45, 2.75) is 25.9 Å². The van der Waals surface area contributed by atoms with Gasteiger partial charge in [0, 0.05) is 0 Å². The molecule has 0 fully saturated rings. The molecular formula is C24H21F3N6O2S. The van der Waals surface area contributed by atoms with Crippen LogP contribution >= 0.6 is 12.3 Å². The molecule has 0 spiro atoms. The molecule has 36 heavy (non-hydrogen) atoms. The van der Waals surface area contributed by atoms with Crippen molar-refractivity contribution >= 4 is 46.6 Å². The Bertz CT molecular complexity index is 1360. The normalized spacial score (nSPS) is 12.8. The predicted molar refractivity (Wildman–Crippen MR) is 131 cm³/mol. The predicted octanol–water partition coefficient (Wildman–Crippen LogP) is 4.96. The molecule has 0 radical (unpaired) electrons. The third-order valence-electron chi connectivity index (χ3n) is 5.88. The summed E-state index contributed by atoms with van der Waals surface area (Å²) in [6.45, 7) is 3.38. The Morgan fingerprint density at radius 3 is 2.00 bits per heavy atom. The number of aromatic nitrogens is 3. The molecule has 186 valence electrons. The van der Waals surface area contributed by atoms with E-state index >= 15 is 0 Å². The minimum absolute atomic E-state index is 0.0315. The lowest BCUT2D eigenvalue weighted by atomic mass is 10.0. The first-order valence-electron chi connectivity index (χ1n) is 10.8. The summed E-state index contributed by atoms with van der Waals surface area (Å²) in [5.41, 5.74) is 7.15. The fraction of sp³-hybridized carbons (Fsp3) is 0.167. The molecule has 4 rings (SSSR count). The maximum absolute atomic E-state index is 13.5. The van der Waals surface area contributed by atoms with Gasteiger partial charge < -0.3 is 16.0 Å². The van der Waals surface area contributed by atoms with Gasteiger partial charge in [-0.25, -0.2) is 13.8 Å². The molecular weight excluding hydrogens is 493 g/mol. The lowest BCUT2D eigenvalue weighted by molar-refractivity contribution is -0.146. The fourth-order valence-corrected chi connectivity index (χ4v) is 4.31. The molecule has 8 nitrogen and oxygen atoms in total. The second-order valence-electron chi connectivity index (χ2n) is 8.03. The van der Waals surface area contributed by atoms with E-state index in [1.807, 2.05) is 0 Å². The number of amides is 2. The highest BCUT2D eigenvalue weighted by atomic mass is 32.2. The van der Waals surface area contributed by atoms with E-state index in [4.69, 9.17) is 5.73 Å². The molecule has 0 saturated carbocycles. The number of hydrogen-bond acceptors (Lipinski definition) is 6. The van der Waals surface area contributed by atoms with Crippen LogP contribution in [0.3, 0.4) is 0 Å². The number of pyridine rings is 1. The molecule has 2 heterocycles. The van der Waals surface area contributed by atoms with Crippen LogP contribution in [-0.4, -0.2) is 30.9 Å². The number of halogens is 3. The monoisotopic (exact) mass is 514 g/mol. The van der Waals surface area contributed by atoms with Crippen LogP contribution in [0.5, 0.6) is 0 Å². The van der Waals surface area contributed by atoms with Gasteiger partial charge in [0.25, 0.3) is 0 Å². The Labute approximate surface area is 208 Å². The number of anilines is 2. The van der Waals surface area contributed by atoms with Gasteiger partial charge in [-0.1, -0.05) is 24.3 Å². The van der Waals surface area contributed by atoms with Crippen molar-refractivity contribution < 1.29 is 22.3 Å². The van der Waals surface area contributed by atoms with E-state index in [2.05, 4.69) is 15.4 Å². The van der Waals surface area contributed by atoms with Gasteiger partial charge in [0.15, 0.2) is 12.3 Å². The number of hydrogen-bond donors (Lipinski definition) is 2. The van der Waals surface area contributed by atoms with Gasteiger partial charge >= 0.3 is 11.8 Å². The van der Waals surface area contributed by atoms with Crippen LogP contribution < -0.4 is 11.1 Å². The van der Waals surface area contributed by atoms with Gasteiger partial charge in [0.2, 0.25) is 0 Å². The Kier molecular flexibility index (Phi) is 7.15. The van der Waals surface area contributed by atoms with Gasteiger partial charge in [0.05, 0.1) is 35.6 Å². The summed E-state index contributed by atoms with van der Waals surface area (Å²) in [4.78, 5) is 32.0. The number of benzene rings is 2. The first-order valence-corrected chi connectivity index (χ1v) is 11.4. The Morgan fingerprint density at radius 1 is 0.972 bits per heavy atom. The molecule has 2 amide bonds. The number of nitrogens with zero attached hydrogens (tertiary/aromatic N) is 4. The van der Waals surface area contributed by atoms with Crippen molar-refractivity contribution in [3.05, 3.63) is 83.7 Å². The molecule has 2 aromatic carbocycles. The highest BCUT2D eigenvalue weighted by Crippen LogP contribution is 2.32. The van der Waals surface area contributed by atoms with Crippen LogP contribution in [0.25, 0.3) is 10.9 Å². The second-order valence-corrected chi connectivity index (χ2v) is 8.51. The van der Waals surface area contributed by atoms with Gasteiger partial charge in [-0.15, -0.1) is 3.89 Å². The standard InChI is InChI=1S/C24H21F3N6O2S/c1-13(15-3-7-17(25)8-4-15)32(14(2)16-5-9-18(26)10-6-16)24(35)23(34)31-20-12-29-22(28)19-11-30-33(36-27)21(19)20/h3-14H,1-2H3,(H2,28,29)(H,31,34). The topological polar surface area (TPSA) is 106 Å². The number of carbonyl (C=O) groups excluding carboxylic acids is 2. The van der Waals surface area contributed by atoms with Gasteiger partial charge in [0.1, 0.15) is 23.0 Å². The van der Waals surface area contributed by atoms with Crippen LogP contribution in [0, 0.1) is 11.6 Å². The Morgan fingerprint density at radius 2 is 1.50 bits per heavy atom. The molecule has 2 atom stereocenters. The third-order valence-corrected chi connectivity index (χ3v) is 6.29. The summed E-state index contributed by atoms with van der Waals surface area (Å²) in [6, 6.07) is 9.74. The van der Waals surface area contributed by atoms with E-state index < -0.39 is 35.5 Å². The van der Waals surface area contributed by atoms with Crippen LogP contribution in [0.4, 0.5) is 24.2 Å². The van der Waals surface area contributed by atoms with Crippen LogP contribution in [-0.2, 0) is 9.59 Å². The highest BCUT2D eigenvalue weighted by Gasteiger charge is 2.32. The smallest absolute Gasteiger partial charge is 0.314 e. The Hall–Kier alpha value is -4.06. The number of nitrogens with two attached hydrogens (primary N) is 1. The summed E-state index contributed by atoms with van der Waals surface area (Å²) < 4.78 is 41.3. The molecule has 3 N–H and O–H groups in total. The fourth-order valence-electron chi connectivity index (χ4n) is 3.96. The van der Waals surface area contributed by atoms with Gasteiger partial charge in [-0.2, -0.15) is 9.19 Å². The molecule has 0 aliphatic heterocycles. The number of nitrogens with one attached hydrogen (secondary N) is 1. The summed E-state index contributed by atoms with van der Waals surface area (Å²) >= 11 is -0.209. The second kappa shape index (κ2) is 10.3. The van der Waals surface area contributed by atoms with E-state index in [0.29, 0.717) is 16.5 Å². The molecule has 0 aliphatic carbocycles. The lowest BCUT2D eigenvalue weighted by Gasteiger charge is -2.35. The molecule has 12 heteroatoms. The summed E-state index contributed by atoms with van der Waals surface area (Å²) in [6.07, 6.45) is 2.50. The van der Waals surface area contributed by atoms with Crippen LogP contribution in [0.2, 0.25) is 0 Å². The van der Waals surface area contributed by atoms with Crippen molar-refractivity contribution in [3.8, 4) is 0 Å². The molecule has 2 unspecified atom stereocenters. The number of carbonyl (C=O) groups is 2. The van der Waals surface area contributed by atoms with Crippen molar-refractivity contribution in [2.75, 3.05) is 11.1 Å². The van der Waals surface area contributed by atoms with E-state index in [-0.39, 0.29) is 29.4 Å². The summed E-state index contributed by atoms with van der Waals surface area (Å²) in [5, 5.41) is 6.62. The first kappa shape index (κ1) is 25.0. The quantitative estimate of drug-likeness (QED) is 0.352. The minimum atomic E-state index is -1.03. The summed E-state index contributed by atoms with van der Waals surface area (Å²) in [5.74, 6) is -2.77. The highest BCUT2D eigenvalue weighted by molar-refractivity contribution is 7.92. The van der Waals surface area contributed by atoms with Crippen molar-refractivity contribution in [3.63, 3.8) is 0 Å². The molecule has 2 aromatic heterocycles. The Balaban J connectivity index is 1.70. The molecule has 0 bridgehead atoms. The first-order chi connectivity index (χ1) is 17.2. The van der Waals surface area contributed by atoms with Gasteiger partial charge in [-0.05, 0) is 49.2 Å². The molecule has 4 aromatic rings. The molecule has 0 saturated heterocycles. The average molecular weight is 515 g/mol. The number of rotatable bonds is 6. The number of fused-ring (bicyclic) bond motifs is 1. The van der Waals surface area contributed by atoms with Gasteiger partial charge in [-0.3, -0.25) is 9.59 Å². The zero-order valence-electron chi connectivity index (χ0n) is 19.2. The van der Waals surface area contributed by atoms with E-state index in [0.717, 1.165) is 4.09 Å². The van der Waals surface area contributed by atoms with E-state index in [1.165, 1.54) is 65.8 Å². The minimum Gasteiger partial charge on any atom is -0.383 e. The lowest BCUT2D eigenvalue weighted by Crippen LogP contribution is -2.42. The van der Waals surface area contributed by atoms with Crippen LogP contribution in [0.1, 0.15) is 37.1 Å². The summed E-state index contributed by atoms with van der Waals surface area (Å²) in [7, 11) is 0. The maximum atomic E-state index is 13.5. The third kappa shape index (κ3) is 4.85. The van der Waals surface area contributed by atoms with E-state index in [9.17, 15) is 22.3 Å². The van der Waals surface area contributed by atoms with Crippen molar-refractivity contribution in [2.24, 2.45) is 0 Å². The molecule has 0 aliphatic rings. The van der Waals surface area contributed by atoms with Crippen LogP contribution in [0.15, 0.2) is 60.9 Å². The SMILES string of the molecule is CC(c1ccc(F)cc1)N(C(=O)C(=O)Nc1cnc(N)c2cnn(SF)c12)C(C)c1ccc(F)cc1. The average Bonchev–Trinajstić information content (AvgIpc) is 3.32. The zero-order valence-corrected chi connectivity index (χ0v) is 20.0.